The second-order valence-electron chi connectivity index (χ2n) is 2.46. The summed E-state index contributed by atoms with van der Waals surface area (Å²) >= 11 is 16.8. The lowest BCUT2D eigenvalue weighted by Gasteiger charge is -2.00. The maximum Gasteiger partial charge on any atom is 0.349 e. The number of carbonyl (C=O) groups is 1. The topological polar surface area (TPSA) is 38.7 Å². The van der Waals surface area contributed by atoms with Crippen LogP contribution in [0.15, 0.2) is 29.4 Å². The van der Waals surface area contributed by atoms with Crippen molar-refractivity contribution in [1.29, 1.82) is 0 Å². The number of nitrogens with zero attached hydrogens (tertiary/aromatic N) is 1. The predicted molar refractivity (Wildman–Crippen MR) is 60.7 cm³/mol. The van der Waals surface area contributed by atoms with Crippen LogP contribution in [-0.4, -0.2) is 17.0 Å². The van der Waals surface area contributed by atoms with E-state index in [4.69, 9.17) is 34.8 Å². The van der Waals surface area contributed by atoms with Crippen molar-refractivity contribution in [3.05, 3.63) is 34.9 Å². The highest BCUT2D eigenvalue weighted by molar-refractivity contribution is 6.70. The number of rotatable bonds is 3. The normalized spacial score (nSPS) is 11.3. The molecule has 0 fully saturated rings. The van der Waals surface area contributed by atoms with Crippen LogP contribution in [0.25, 0.3) is 0 Å². The van der Waals surface area contributed by atoms with Gasteiger partial charge in [-0.2, -0.15) is 0 Å². The van der Waals surface area contributed by atoms with E-state index in [-0.39, 0.29) is 11.1 Å². The average molecular weight is 267 g/mol. The summed E-state index contributed by atoms with van der Waals surface area (Å²) in [5, 5.41) is 3.81. The van der Waals surface area contributed by atoms with Gasteiger partial charge in [-0.3, -0.25) is 0 Å². The average Bonchev–Trinajstić information content (AvgIpc) is 2.26. The van der Waals surface area contributed by atoms with E-state index in [9.17, 15) is 4.79 Å². The molecule has 0 aliphatic heterocycles. The molecule has 0 aliphatic carbocycles. The molecule has 0 aliphatic rings. The van der Waals surface area contributed by atoms with Crippen LogP contribution >= 0.6 is 34.8 Å². The fourth-order valence-corrected chi connectivity index (χ4v) is 1.31. The fourth-order valence-electron chi connectivity index (χ4n) is 0.793. The lowest BCUT2D eigenvalue weighted by atomic mass is 10.2. The predicted octanol–water partition coefficient (Wildman–Crippen LogP) is 3.02. The minimum atomic E-state index is -0.679. The molecule has 0 bridgehead atoms. The lowest BCUT2D eigenvalue weighted by molar-refractivity contribution is -0.140. The Kier molecular flexibility index (Phi) is 4.88. The van der Waals surface area contributed by atoms with Crippen LogP contribution in [0, 0.1) is 0 Å². The van der Waals surface area contributed by atoms with Crippen molar-refractivity contribution in [3.8, 4) is 0 Å². The number of halogens is 3. The minimum absolute atomic E-state index is 0.000864. The van der Waals surface area contributed by atoms with E-state index in [0.29, 0.717) is 10.6 Å². The third-order valence-electron chi connectivity index (χ3n) is 1.43. The Morgan fingerprint density at radius 2 is 2.07 bits per heavy atom. The van der Waals surface area contributed by atoms with Crippen LogP contribution in [0.3, 0.4) is 0 Å². The standard InChI is InChI=1S/C9H6Cl3NO2/c10-5-8(14)15-13-9(12)6-3-1-2-4-7(6)11/h1-4H,5H2/b13-9+. The monoisotopic (exact) mass is 265 g/mol. The number of benzene rings is 1. The number of carbonyl (C=O) groups excluding carboxylic acids is 1. The van der Waals surface area contributed by atoms with Gasteiger partial charge in [0.2, 0.25) is 0 Å². The third kappa shape index (κ3) is 3.70. The van der Waals surface area contributed by atoms with Crippen molar-refractivity contribution in [2.45, 2.75) is 0 Å². The summed E-state index contributed by atoms with van der Waals surface area (Å²) in [4.78, 5) is 15.1. The number of oxime groups is 1. The highest BCUT2D eigenvalue weighted by atomic mass is 35.5. The Hall–Kier alpha value is -0.770. The van der Waals surface area contributed by atoms with Gasteiger partial charge in [-0.1, -0.05) is 46.6 Å². The summed E-state index contributed by atoms with van der Waals surface area (Å²) in [6.45, 7) is 0. The van der Waals surface area contributed by atoms with Crippen LogP contribution in [0.1, 0.15) is 5.56 Å². The minimum Gasteiger partial charge on any atom is -0.315 e. The molecule has 0 amide bonds. The molecule has 0 unspecified atom stereocenters. The van der Waals surface area contributed by atoms with Crippen LogP contribution in [-0.2, 0) is 9.63 Å². The molecule has 0 atom stereocenters. The first kappa shape index (κ1) is 12.3. The SMILES string of the molecule is O=C(CCl)O/N=C(/Cl)c1ccccc1Cl. The van der Waals surface area contributed by atoms with Gasteiger partial charge in [0.25, 0.3) is 0 Å². The summed E-state index contributed by atoms with van der Waals surface area (Å²) in [5.41, 5.74) is 0.489. The van der Waals surface area contributed by atoms with E-state index >= 15 is 0 Å². The lowest BCUT2D eigenvalue weighted by Crippen LogP contribution is -2.03. The molecule has 1 aromatic carbocycles. The molecule has 1 rings (SSSR count). The van der Waals surface area contributed by atoms with Crippen LogP contribution in [0.4, 0.5) is 0 Å². The van der Waals surface area contributed by atoms with E-state index in [0.717, 1.165) is 0 Å². The molecule has 0 saturated heterocycles. The summed E-state index contributed by atoms with van der Waals surface area (Å²) in [7, 11) is 0. The molecular weight excluding hydrogens is 260 g/mol. The van der Waals surface area contributed by atoms with Gasteiger partial charge in [-0.05, 0) is 6.07 Å². The molecular formula is C9H6Cl3NO2. The van der Waals surface area contributed by atoms with Gasteiger partial charge in [0.1, 0.15) is 5.88 Å². The maximum atomic E-state index is 10.7. The molecule has 80 valence electrons. The highest BCUT2D eigenvalue weighted by Gasteiger charge is 2.06. The summed E-state index contributed by atoms with van der Waals surface area (Å²) in [6, 6.07) is 6.80. The van der Waals surface area contributed by atoms with Gasteiger partial charge in [-0.15, -0.1) is 11.6 Å². The van der Waals surface area contributed by atoms with Crippen molar-refractivity contribution < 1.29 is 9.63 Å². The largest absolute Gasteiger partial charge is 0.349 e. The quantitative estimate of drug-likeness (QED) is 0.365. The zero-order valence-corrected chi connectivity index (χ0v) is 9.68. The highest BCUT2D eigenvalue weighted by Crippen LogP contribution is 2.17. The molecule has 1 aromatic rings. The second-order valence-corrected chi connectivity index (χ2v) is 3.49. The van der Waals surface area contributed by atoms with Crippen LogP contribution in [0.2, 0.25) is 5.02 Å². The molecule has 15 heavy (non-hydrogen) atoms. The molecule has 6 heteroatoms. The first-order chi connectivity index (χ1) is 7.15. The zero-order chi connectivity index (χ0) is 11.3. The molecule has 0 spiro atoms. The van der Waals surface area contributed by atoms with E-state index < -0.39 is 5.97 Å². The molecule has 0 heterocycles. The van der Waals surface area contributed by atoms with Crippen molar-refractivity contribution in [2.75, 3.05) is 5.88 Å². The molecule has 3 nitrogen and oxygen atoms in total. The van der Waals surface area contributed by atoms with Crippen molar-refractivity contribution >= 4 is 45.9 Å². The van der Waals surface area contributed by atoms with E-state index in [1.54, 1.807) is 24.3 Å². The zero-order valence-electron chi connectivity index (χ0n) is 7.41. The van der Waals surface area contributed by atoms with Gasteiger partial charge < -0.3 is 4.84 Å². The molecule has 0 saturated carbocycles. The first-order valence-corrected chi connectivity index (χ1v) is 5.18. The summed E-state index contributed by atoms with van der Waals surface area (Å²) < 4.78 is 0. The Morgan fingerprint density at radius 3 is 2.67 bits per heavy atom. The first-order valence-electron chi connectivity index (χ1n) is 3.89. The van der Waals surface area contributed by atoms with Crippen LogP contribution in [0.5, 0.6) is 0 Å². The van der Waals surface area contributed by atoms with Crippen LogP contribution < -0.4 is 0 Å². The Labute approximate surface area is 102 Å². The number of hydrogen-bond donors (Lipinski definition) is 0. The van der Waals surface area contributed by atoms with Gasteiger partial charge in [-0.25, -0.2) is 4.79 Å². The smallest absolute Gasteiger partial charge is 0.315 e. The summed E-state index contributed by atoms with van der Waals surface area (Å²) in [6.07, 6.45) is 0. The fraction of sp³-hybridized carbons (Fsp3) is 0.111. The van der Waals surface area contributed by atoms with Crippen molar-refractivity contribution in [1.82, 2.24) is 0 Å². The molecule has 0 radical (unpaired) electrons. The van der Waals surface area contributed by atoms with Gasteiger partial charge in [0.05, 0.1) is 5.02 Å². The Morgan fingerprint density at radius 1 is 1.40 bits per heavy atom. The van der Waals surface area contributed by atoms with Gasteiger partial charge >= 0.3 is 5.97 Å². The second kappa shape index (κ2) is 5.95. The Balaban J connectivity index is 2.80. The number of alkyl halides is 1. The Bertz CT molecular complexity index is 393. The van der Waals surface area contributed by atoms with E-state index in [1.165, 1.54) is 0 Å². The van der Waals surface area contributed by atoms with Crippen molar-refractivity contribution in [2.24, 2.45) is 5.16 Å². The molecule has 0 aromatic heterocycles. The van der Waals surface area contributed by atoms with Crippen molar-refractivity contribution in [3.63, 3.8) is 0 Å². The number of hydrogen-bond acceptors (Lipinski definition) is 3. The summed E-state index contributed by atoms with van der Waals surface area (Å²) in [5.74, 6) is -0.960. The third-order valence-corrected chi connectivity index (χ3v) is 2.25. The maximum absolute atomic E-state index is 10.7. The van der Waals surface area contributed by atoms with E-state index in [1.807, 2.05) is 0 Å². The van der Waals surface area contributed by atoms with E-state index in [2.05, 4.69) is 9.99 Å². The van der Waals surface area contributed by atoms with Gasteiger partial charge in [0.15, 0.2) is 5.17 Å². The van der Waals surface area contributed by atoms with Gasteiger partial charge in [0, 0.05) is 5.56 Å². The molecule has 0 N–H and O–H groups in total.